The minimum absolute atomic E-state index is 0.0303. The first kappa shape index (κ1) is 14.1. The summed E-state index contributed by atoms with van der Waals surface area (Å²) in [6.45, 7) is 4.82. The topological polar surface area (TPSA) is 62.7 Å². The molecule has 0 aliphatic rings. The van der Waals surface area contributed by atoms with E-state index in [1.165, 1.54) is 12.3 Å². The fourth-order valence-electron chi connectivity index (χ4n) is 1.48. The average Bonchev–Trinajstić information content (AvgIpc) is 2.41. The maximum Gasteiger partial charge on any atom is 0.249 e. The second-order valence-electron chi connectivity index (χ2n) is 4.66. The van der Waals surface area contributed by atoms with Gasteiger partial charge in [-0.15, -0.1) is 5.10 Å². The first-order valence-corrected chi connectivity index (χ1v) is 6.21. The quantitative estimate of drug-likeness (QED) is 0.881. The largest absolute Gasteiger partial charge is 0.368 e. The smallest absolute Gasteiger partial charge is 0.249 e. The second-order valence-corrected chi connectivity index (χ2v) is 4.66. The molecule has 2 aromatic rings. The molecule has 1 aromatic carbocycles. The molecule has 7 heteroatoms. The van der Waals surface area contributed by atoms with E-state index in [0.717, 1.165) is 12.1 Å². The van der Waals surface area contributed by atoms with Gasteiger partial charge in [-0.2, -0.15) is 10.1 Å². The first-order valence-electron chi connectivity index (χ1n) is 6.21. The predicted octanol–water partition coefficient (Wildman–Crippen LogP) is 2.96. The monoisotopic (exact) mass is 279 g/mol. The number of nitrogens with one attached hydrogen (secondary N) is 2. The van der Waals surface area contributed by atoms with Gasteiger partial charge in [0.1, 0.15) is 17.3 Å². The van der Waals surface area contributed by atoms with E-state index >= 15 is 0 Å². The minimum Gasteiger partial charge on any atom is -0.368 e. The van der Waals surface area contributed by atoms with E-state index in [9.17, 15) is 8.78 Å². The van der Waals surface area contributed by atoms with Gasteiger partial charge < -0.3 is 10.6 Å². The fourth-order valence-corrected chi connectivity index (χ4v) is 1.48. The summed E-state index contributed by atoms with van der Waals surface area (Å²) in [7, 11) is 0. The molecule has 1 heterocycles. The Bertz CT molecular complexity index is 568. The third-order valence-electron chi connectivity index (χ3n) is 2.45. The van der Waals surface area contributed by atoms with E-state index < -0.39 is 11.6 Å². The van der Waals surface area contributed by atoms with Crippen LogP contribution in [0.15, 0.2) is 24.4 Å². The summed E-state index contributed by atoms with van der Waals surface area (Å²) < 4.78 is 27.0. The molecule has 0 saturated heterocycles. The van der Waals surface area contributed by atoms with Crippen molar-refractivity contribution in [3.8, 4) is 0 Å². The molecule has 0 saturated carbocycles. The molecule has 0 atom stereocenters. The van der Waals surface area contributed by atoms with Crippen LogP contribution in [0.2, 0.25) is 0 Å². The number of hydrogen-bond acceptors (Lipinski definition) is 5. The first-order chi connectivity index (χ1) is 9.56. The summed E-state index contributed by atoms with van der Waals surface area (Å²) in [6, 6.07) is 3.59. The Morgan fingerprint density at radius 1 is 1.20 bits per heavy atom. The average molecular weight is 279 g/mol. The van der Waals surface area contributed by atoms with Crippen molar-refractivity contribution >= 4 is 17.5 Å². The molecule has 20 heavy (non-hydrogen) atoms. The lowest BCUT2D eigenvalue weighted by molar-refractivity contribution is 0.590. The van der Waals surface area contributed by atoms with Crippen LogP contribution >= 0.6 is 0 Å². The number of aromatic nitrogens is 3. The van der Waals surface area contributed by atoms with E-state index in [2.05, 4.69) is 39.7 Å². The van der Waals surface area contributed by atoms with Crippen LogP contribution in [0, 0.1) is 17.6 Å². The van der Waals surface area contributed by atoms with E-state index in [4.69, 9.17) is 0 Å². The zero-order chi connectivity index (χ0) is 14.5. The summed E-state index contributed by atoms with van der Waals surface area (Å²) in [5.74, 6) is -0.468. The van der Waals surface area contributed by atoms with Crippen molar-refractivity contribution in [3.63, 3.8) is 0 Å². The molecule has 0 fully saturated rings. The zero-order valence-electron chi connectivity index (χ0n) is 11.2. The molecule has 0 aliphatic heterocycles. The van der Waals surface area contributed by atoms with Gasteiger partial charge in [-0.3, -0.25) is 0 Å². The lowest BCUT2D eigenvalue weighted by Gasteiger charge is -2.10. The van der Waals surface area contributed by atoms with Gasteiger partial charge in [-0.05, 0) is 18.1 Å². The normalized spacial score (nSPS) is 10.7. The number of anilines is 3. The highest BCUT2D eigenvalue weighted by Crippen LogP contribution is 2.21. The van der Waals surface area contributed by atoms with Crippen molar-refractivity contribution in [2.75, 3.05) is 17.2 Å². The Labute approximate surface area is 115 Å². The maximum absolute atomic E-state index is 13.5. The van der Waals surface area contributed by atoms with Crippen molar-refractivity contribution in [2.45, 2.75) is 13.8 Å². The highest BCUT2D eigenvalue weighted by atomic mass is 19.1. The van der Waals surface area contributed by atoms with E-state index in [1.807, 2.05) is 0 Å². The molecular formula is C13H15F2N5. The molecule has 2 rings (SSSR count). The summed E-state index contributed by atoms with van der Waals surface area (Å²) in [5.41, 5.74) is -0.296. The molecule has 0 aliphatic carbocycles. The highest BCUT2D eigenvalue weighted by molar-refractivity contribution is 5.55. The number of rotatable bonds is 5. The third-order valence-corrected chi connectivity index (χ3v) is 2.45. The van der Waals surface area contributed by atoms with Gasteiger partial charge in [-0.25, -0.2) is 8.78 Å². The summed E-state index contributed by atoms with van der Waals surface area (Å²) in [4.78, 5) is 4.09. The van der Waals surface area contributed by atoms with Crippen molar-refractivity contribution in [1.82, 2.24) is 15.2 Å². The molecule has 106 valence electrons. The summed E-state index contributed by atoms with van der Waals surface area (Å²) >= 11 is 0. The van der Waals surface area contributed by atoms with E-state index in [0.29, 0.717) is 18.3 Å². The molecule has 0 amide bonds. The standard InChI is InChI=1S/C13H15F2N5/c1-8(2)6-16-11-7-17-20-13(18-11)19-12-9(14)4-3-5-10(12)15/h3-5,7-8H,6H2,1-2H3,(H2,16,18,19,20). The number of para-hydroxylation sites is 1. The molecule has 0 spiro atoms. The summed E-state index contributed by atoms with van der Waals surface area (Å²) in [6.07, 6.45) is 1.45. The Kier molecular flexibility index (Phi) is 4.39. The fraction of sp³-hybridized carbons (Fsp3) is 0.308. The van der Waals surface area contributed by atoms with Crippen molar-refractivity contribution < 1.29 is 8.78 Å². The van der Waals surface area contributed by atoms with Crippen molar-refractivity contribution in [3.05, 3.63) is 36.0 Å². The second kappa shape index (κ2) is 6.23. The van der Waals surface area contributed by atoms with Gasteiger partial charge in [0.2, 0.25) is 5.95 Å². The van der Waals surface area contributed by atoms with Gasteiger partial charge in [0.25, 0.3) is 0 Å². The zero-order valence-corrected chi connectivity index (χ0v) is 11.2. The van der Waals surface area contributed by atoms with Crippen LogP contribution in [0.5, 0.6) is 0 Å². The summed E-state index contributed by atoms with van der Waals surface area (Å²) in [5, 5.41) is 13.0. The molecule has 2 N–H and O–H groups in total. The Morgan fingerprint density at radius 3 is 2.55 bits per heavy atom. The molecule has 0 radical (unpaired) electrons. The van der Waals surface area contributed by atoms with E-state index in [-0.39, 0.29) is 11.6 Å². The lowest BCUT2D eigenvalue weighted by atomic mass is 10.2. The molecule has 5 nitrogen and oxygen atoms in total. The Morgan fingerprint density at radius 2 is 1.90 bits per heavy atom. The molecular weight excluding hydrogens is 264 g/mol. The van der Waals surface area contributed by atoms with Crippen LogP contribution in [0.4, 0.5) is 26.2 Å². The van der Waals surface area contributed by atoms with Crippen LogP contribution in [0.3, 0.4) is 0 Å². The SMILES string of the molecule is CC(C)CNc1cnnc(Nc2c(F)cccc2F)n1. The lowest BCUT2D eigenvalue weighted by Crippen LogP contribution is -2.11. The number of hydrogen-bond donors (Lipinski definition) is 2. The van der Waals surface area contributed by atoms with Crippen LogP contribution in [0.1, 0.15) is 13.8 Å². The Balaban J connectivity index is 2.15. The number of benzene rings is 1. The third kappa shape index (κ3) is 3.59. The number of nitrogens with zero attached hydrogens (tertiary/aromatic N) is 3. The highest BCUT2D eigenvalue weighted by Gasteiger charge is 2.10. The van der Waals surface area contributed by atoms with Crippen LogP contribution in [0.25, 0.3) is 0 Å². The van der Waals surface area contributed by atoms with Crippen LogP contribution in [-0.4, -0.2) is 21.7 Å². The van der Waals surface area contributed by atoms with Gasteiger partial charge in [0, 0.05) is 6.54 Å². The van der Waals surface area contributed by atoms with Gasteiger partial charge >= 0.3 is 0 Å². The van der Waals surface area contributed by atoms with Crippen molar-refractivity contribution in [2.24, 2.45) is 5.92 Å². The van der Waals surface area contributed by atoms with E-state index in [1.54, 1.807) is 0 Å². The van der Waals surface area contributed by atoms with Crippen LogP contribution in [-0.2, 0) is 0 Å². The maximum atomic E-state index is 13.5. The minimum atomic E-state index is -0.714. The number of halogens is 2. The molecule has 0 bridgehead atoms. The van der Waals surface area contributed by atoms with Crippen molar-refractivity contribution in [1.29, 1.82) is 0 Å². The molecule has 0 unspecified atom stereocenters. The predicted molar refractivity (Wildman–Crippen MR) is 72.8 cm³/mol. The van der Waals surface area contributed by atoms with Crippen LogP contribution < -0.4 is 10.6 Å². The molecule has 1 aromatic heterocycles. The van der Waals surface area contributed by atoms with Gasteiger partial charge in [0.15, 0.2) is 5.82 Å². The van der Waals surface area contributed by atoms with Gasteiger partial charge in [-0.1, -0.05) is 19.9 Å². The Hall–Kier alpha value is -2.31. The van der Waals surface area contributed by atoms with Gasteiger partial charge in [0.05, 0.1) is 6.20 Å².